The first-order valence-electron chi connectivity index (χ1n) is 6.06. The molecule has 5 heteroatoms. The maximum Gasteiger partial charge on any atom is 0.161 e. The minimum Gasteiger partial charge on any atom is -0.493 e. The first kappa shape index (κ1) is 13.5. The average molecular weight is 269 g/mol. The van der Waals surface area contributed by atoms with Gasteiger partial charge in [0.25, 0.3) is 0 Å². The monoisotopic (exact) mass is 269 g/mol. The summed E-state index contributed by atoms with van der Waals surface area (Å²) < 4.78 is 11.3. The standard InChI is InChI=1S/C13H19NO3S/c1-15-13-8-10(4-6-16-14)2-3-12(13)17-11-5-7-18-9-11/h2-3,8,11H,4-7,9,14H2,1H3. The Morgan fingerprint density at radius 3 is 2.94 bits per heavy atom. The van der Waals surface area contributed by atoms with Crippen LogP contribution in [0.1, 0.15) is 12.0 Å². The Morgan fingerprint density at radius 1 is 1.39 bits per heavy atom. The molecule has 18 heavy (non-hydrogen) atoms. The zero-order valence-electron chi connectivity index (χ0n) is 10.6. The number of hydrogen-bond acceptors (Lipinski definition) is 5. The molecule has 0 amide bonds. The summed E-state index contributed by atoms with van der Waals surface area (Å²) >= 11 is 1.93. The number of ether oxygens (including phenoxy) is 2. The highest BCUT2D eigenvalue weighted by atomic mass is 32.2. The van der Waals surface area contributed by atoms with E-state index in [0.29, 0.717) is 12.7 Å². The summed E-state index contributed by atoms with van der Waals surface area (Å²) in [5.41, 5.74) is 1.13. The Balaban J connectivity index is 2.04. The van der Waals surface area contributed by atoms with Gasteiger partial charge in [-0.25, -0.2) is 5.90 Å². The van der Waals surface area contributed by atoms with Crippen LogP contribution in [-0.2, 0) is 11.3 Å². The summed E-state index contributed by atoms with van der Waals surface area (Å²) in [6.07, 6.45) is 2.19. The van der Waals surface area contributed by atoms with Crippen LogP contribution < -0.4 is 15.4 Å². The van der Waals surface area contributed by atoms with Gasteiger partial charge in [0.2, 0.25) is 0 Å². The second kappa shape index (κ2) is 6.87. The van der Waals surface area contributed by atoms with E-state index in [0.717, 1.165) is 35.7 Å². The predicted molar refractivity (Wildman–Crippen MR) is 73.2 cm³/mol. The highest BCUT2D eigenvalue weighted by Crippen LogP contribution is 2.31. The van der Waals surface area contributed by atoms with Crippen LogP contribution in [0.25, 0.3) is 0 Å². The number of thioether (sulfide) groups is 1. The van der Waals surface area contributed by atoms with Crippen molar-refractivity contribution >= 4 is 11.8 Å². The number of methoxy groups -OCH3 is 1. The van der Waals surface area contributed by atoms with E-state index in [4.69, 9.17) is 15.4 Å². The molecule has 1 aromatic carbocycles. The minimum absolute atomic E-state index is 0.308. The Morgan fingerprint density at radius 2 is 2.28 bits per heavy atom. The topological polar surface area (TPSA) is 53.7 Å². The molecule has 1 heterocycles. The fraction of sp³-hybridized carbons (Fsp3) is 0.538. The fourth-order valence-electron chi connectivity index (χ4n) is 1.93. The molecule has 1 aromatic rings. The lowest BCUT2D eigenvalue weighted by Gasteiger charge is -2.16. The van der Waals surface area contributed by atoms with Gasteiger partial charge in [-0.2, -0.15) is 11.8 Å². The van der Waals surface area contributed by atoms with Gasteiger partial charge in [0.1, 0.15) is 6.10 Å². The molecule has 1 saturated heterocycles. The lowest BCUT2D eigenvalue weighted by Crippen LogP contribution is -2.15. The van der Waals surface area contributed by atoms with E-state index in [1.165, 1.54) is 5.75 Å². The van der Waals surface area contributed by atoms with Crippen molar-refractivity contribution in [3.05, 3.63) is 23.8 Å². The van der Waals surface area contributed by atoms with Crippen LogP contribution in [0.5, 0.6) is 11.5 Å². The van der Waals surface area contributed by atoms with Gasteiger partial charge in [0.05, 0.1) is 13.7 Å². The van der Waals surface area contributed by atoms with E-state index >= 15 is 0 Å². The van der Waals surface area contributed by atoms with Gasteiger partial charge in [0.15, 0.2) is 11.5 Å². The third-order valence-corrected chi connectivity index (χ3v) is 4.05. The van der Waals surface area contributed by atoms with Gasteiger partial charge >= 0.3 is 0 Å². The molecule has 1 fully saturated rings. The smallest absolute Gasteiger partial charge is 0.161 e. The number of benzene rings is 1. The first-order chi connectivity index (χ1) is 8.83. The molecule has 0 aromatic heterocycles. The summed E-state index contributed by atoms with van der Waals surface area (Å²) in [6, 6.07) is 5.98. The Kier molecular flexibility index (Phi) is 5.16. The first-order valence-corrected chi connectivity index (χ1v) is 7.22. The molecule has 100 valence electrons. The van der Waals surface area contributed by atoms with Crippen molar-refractivity contribution in [3.8, 4) is 11.5 Å². The lowest BCUT2D eigenvalue weighted by atomic mass is 10.1. The maximum atomic E-state index is 5.96. The van der Waals surface area contributed by atoms with Crippen molar-refractivity contribution < 1.29 is 14.3 Å². The molecule has 2 rings (SSSR count). The van der Waals surface area contributed by atoms with Crippen LogP contribution in [-0.4, -0.2) is 31.3 Å². The van der Waals surface area contributed by atoms with E-state index in [1.807, 2.05) is 30.0 Å². The Labute approximate surface area is 112 Å². The molecule has 0 aliphatic carbocycles. The summed E-state index contributed by atoms with van der Waals surface area (Å²) in [5.74, 6) is 8.87. The van der Waals surface area contributed by atoms with Gasteiger partial charge < -0.3 is 14.3 Å². The van der Waals surface area contributed by atoms with Crippen LogP contribution in [0.4, 0.5) is 0 Å². The zero-order valence-corrected chi connectivity index (χ0v) is 11.4. The fourth-order valence-corrected chi connectivity index (χ4v) is 3.02. The SMILES string of the molecule is COc1cc(CCON)ccc1OC1CCSC1. The molecule has 0 spiro atoms. The Hall–Kier alpha value is -0.910. The van der Waals surface area contributed by atoms with Crippen molar-refractivity contribution in [3.63, 3.8) is 0 Å². The molecular weight excluding hydrogens is 250 g/mol. The van der Waals surface area contributed by atoms with E-state index in [1.54, 1.807) is 7.11 Å². The summed E-state index contributed by atoms with van der Waals surface area (Å²) in [7, 11) is 1.66. The third kappa shape index (κ3) is 3.54. The lowest BCUT2D eigenvalue weighted by molar-refractivity contribution is 0.141. The van der Waals surface area contributed by atoms with Crippen molar-refractivity contribution in [1.29, 1.82) is 0 Å². The molecule has 2 N–H and O–H groups in total. The number of nitrogens with two attached hydrogens (primary N) is 1. The molecule has 4 nitrogen and oxygen atoms in total. The van der Waals surface area contributed by atoms with Gasteiger partial charge in [-0.05, 0) is 36.3 Å². The molecular formula is C13H19NO3S. The Bertz CT molecular complexity index is 380. The zero-order chi connectivity index (χ0) is 12.8. The van der Waals surface area contributed by atoms with E-state index in [2.05, 4.69) is 4.84 Å². The molecule has 1 atom stereocenters. The second-order valence-corrected chi connectivity index (χ2v) is 5.36. The molecule has 0 saturated carbocycles. The third-order valence-electron chi connectivity index (χ3n) is 2.92. The quantitative estimate of drug-likeness (QED) is 0.801. The maximum absolute atomic E-state index is 5.96. The van der Waals surface area contributed by atoms with Crippen LogP contribution in [0, 0.1) is 0 Å². The average Bonchev–Trinajstić information content (AvgIpc) is 2.90. The summed E-state index contributed by atoms with van der Waals surface area (Å²) in [5, 5.41) is 0. The molecule has 0 radical (unpaired) electrons. The van der Waals surface area contributed by atoms with Gasteiger partial charge in [-0.3, -0.25) is 0 Å². The molecule has 0 bridgehead atoms. The van der Waals surface area contributed by atoms with Crippen LogP contribution >= 0.6 is 11.8 Å². The number of rotatable bonds is 6. The largest absolute Gasteiger partial charge is 0.493 e. The van der Waals surface area contributed by atoms with E-state index < -0.39 is 0 Å². The van der Waals surface area contributed by atoms with E-state index in [9.17, 15) is 0 Å². The van der Waals surface area contributed by atoms with Crippen molar-refractivity contribution in [2.45, 2.75) is 18.9 Å². The van der Waals surface area contributed by atoms with Gasteiger partial charge in [-0.15, -0.1) is 0 Å². The number of hydrogen-bond donors (Lipinski definition) is 1. The normalized spacial score (nSPS) is 18.9. The van der Waals surface area contributed by atoms with E-state index in [-0.39, 0.29) is 0 Å². The van der Waals surface area contributed by atoms with Crippen LogP contribution in [0.3, 0.4) is 0 Å². The van der Waals surface area contributed by atoms with Crippen molar-refractivity contribution in [2.24, 2.45) is 5.90 Å². The van der Waals surface area contributed by atoms with Crippen LogP contribution in [0.15, 0.2) is 18.2 Å². The predicted octanol–water partition coefficient (Wildman–Crippen LogP) is 2.01. The highest BCUT2D eigenvalue weighted by Gasteiger charge is 2.18. The molecule has 1 aliphatic heterocycles. The van der Waals surface area contributed by atoms with Gasteiger partial charge in [-0.1, -0.05) is 6.07 Å². The van der Waals surface area contributed by atoms with Crippen molar-refractivity contribution in [1.82, 2.24) is 0 Å². The summed E-state index contributed by atoms with van der Waals surface area (Å²) in [4.78, 5) is 4.58. The molecule has 1 aliphatic rings. The second-order valence-electron chi connectivity index (χ2n) is 4.21. The highest BCUT2D eigenvalue weighted by molar-refractivity contribution is 7.99. The summed E-state index contributed by atoms with van der Waals surface area (Å²) in [6.45, 7) is 0.503. The van der Waals surface area contributed by atoms with Crippen LogP contribution in [0.2, 0.25) is 0 Å². The minimum atomic E-state index is 0.308. The van der Waals surface area contributed by atoms with Crippen molar-refractivity contribution in [2.75, 3.05) is 25.2 Å². The molecule has 1 unspecified atom stereocenters. The van der Waals surface area contributed by atoms with Gasteiger partial charge in [0, 0.05) is 5.75 Å².